The Labute approximate surface area is 209 Å². The molecule has 0 aliphatic heterocycles. The van der Waals surface area contributed by atoms with E-state index in [0.717, 1.165) is 5.56 Å². The molecule has 4 aromatic heterocycles. The highest BCUT2D eigenvalue weighted by Crippen LogP contribution is 2.23. The Morgan fingerprint density at radius 1 is 0.943 bits per heavy atom. The molecule has 0 unspecified atom stereocenters. The fourth-order valence-electron chi connectivity index (χ4n) is 3.13. The molecule has 2 atom stereocenters. The van der Waals surface area contributed by atoms with Crippen LogP contribution in [0.4, 0.5) is 21.2 Å². The number of H-pyrrole nitrogens is 1. The maximum Gasteiger partial charge on any atom is 0.413 e. The summed E-state index contributed by atoms with van der Waals surface area (Å²) in [5.41, 5.74) is 2.04. The number of amides is 3. The fraction of sp³-hybridized carbons (Fsp3) is 0.182. The van der Waals surface area contributed by atoms with E-state index in [4.69, 9.17) is 27.9 Å². The van der Waals surface area contributed by atoms with Gasteiger partial charge in [0.05, 0.1) is 16.9 Å². The largest absolute Gasteiger partial charge is 0.441 e. The SMILES string of the molecule is C[C@@H](NC(=O)Nc1cc2[nH]nc(NC(=O)O[C@H](C)c3ccc(Cl)nc3)c2cn1)c1ccc(Cl)nc1. The van der Waals surface area contributed by atoms with Crippen LogP contribution in [0.25, 0.3) is 10.9 Å². The van der Waals surface area contributed by atoms with Crippen molar-refractivity contribution in [1.29, 1.82) is 0 Å². The molecule has 0 saturated heterocycles. The minimum atomic E-state index is -0.701. The quantitative estimate of drug-likeness (QED) is 0.257. The lowest BCUT2D eigenvalue weighted by Crippen LogP contribution is -2.31. The number of pyridine rings is 3. The van der Waals surface area contributed by atoms with Crippen molar-refractivity contribution in [3.8, 4) is 0 Å². The molecule has 0 aliphatic carbocycles. The maximum absolute atomic E-state index is 12.4. The highest BCUT2D eigenvalue weighted by molar-refractivity contribution is 6.29. The summed E-state index contributed by atoms with van der Waals surface area (Å²) in [5.74, 6) is 0.525. The van der Waals surface area contributed by atoms with E-state index >= 15 is 0 Å². The molecule has 0 saturated carbocycles. The summed E-state index contributed by atoms with van der Waals surface area (Å²) in [7, 11) is 0. The number of aromatic amines is 1. The van der Waals surface area contributed by atoms with Crippen LogP contribution in [0.1, 0.15) is 37.1 Å². The number of urea groups is 1. The van der Waals surface area contributed by atoms with Crippen LogP contribution in [0.15, 0.2) is 48.9 Å². The number of carbonyl (C=O) groups is 2. The second kappa shape index (κ2) is 10.5. The lowest BCUT2D eigenvalue weighted by molar-refractivity contribution is 0.121. The monoisotopic (exact) mass is 514 g/mol. The molecule has 35 heavy (non-hydrogen) atoms. The number of ether oxygens (including phenoxy) is 1. The standard InChI is InChI=1S/C22H20Cl2N8O3/c1-11(13-3-5-17(23)25-8-13)28-21(33)29-19-7-16-15(10-27-19)20(32-31-16)30-22(34)35-12(2)14-4-6-18(24)26-9-14/h3-12H,1-2H3,(H2,27,28,29,33)(H2,30,31,32,34)/t11-,12-/m1/s1. The molecule has 0 spiro atoms. The number of anilines is 2. The van der Waals surface area contributed by atoms with Gasteiger partial charge in [-0.1, -0.05) is 35.3 Å². The molecule has 3 amide bonds. The number of aromatic nitrogens is 5. The molecule has 0 radical (unpaired) electrons. The van der Waals surface area contributed by atoms with E-state index in [-0.39, 0.29) is 17.7 Å². The third kappa shape index (κ3) is 6.14. The zero-order chi connectivity index (χ0) is 24.9. The second-order valence-corrected chi connectivity index (χ2v) is 8.28. The molecule has 4 heterocycles. The molecular weight excluding hydrogens is 495 g/mol. The second-order valence-electron chi connectivity index (χ2n) is 7.51. The van der Waals surface area contributed by atoms with Gasteiger partial charge in [-0.25, -0.2) is 24.5 Å². The Morgan fingerprint density at radius 3 is 2.29 bits per heavy atom. The molecule has 4 aromatic rings. The zero-order valence-electron chi connectivity index (χ0n) is 18.5. The Morgan fingerprint density at radius 2 is 1.63 bits per heavy atom. The molecule has 13 heteroatoms. The fourth-order valence-corrected chi connectivity index (χ4v) is 3.36. The Balaban J connectivity index is 1.36. The van der Waals surface area contributed by atoms with Gasteiger partial charge in [0.1, 0.15) is 22.2 Å². The van der Waals surface area contributed by atoms with E-state index in [1.165, 1.54) is 12.4 Å². The van der Waals surface area contributed by atoms with E-state index in [1.807, 2.05) is 6.92 Å². The van der Waals surface area contributed by atoms with Crippen molar-refractivity contribution in [3.63, 3.8) is 0 Å². The van der Waals surface area contributed by atoms with E-state index in [0.29, 0.717) is 26.8 Å². The number of nitrogens with zero attached hydrogens (tertiary/aromatic N) is 4. The van der Waals surface area contributed by atoms with Crippen molar-refractivity contribution in [1.82, 2.24) is 30.5 Å². The van der Waals surface area contributed by atoms with Crippen LogP contribution in [0, 0.1) is 0 Å². The van der Waals surface area contributed by atoms with E-state index < -0.39 is 18.2 Å². The minimum Gasteiger partial charge on any atom is -0.441 e. The highest BCUT2D eigenvalue weighted by Gasteiger charge is 2.16. The van der Waals surface area contributed by atoms with Crippen molar-refractivity contribution in [3.05, 3.63) is 70.4 Å². The third-order valence-corrected chi connectivity index (χ3v) is 5.46. The number of halogens is 2. The van der Waals surface area contributed by atoms with Crippen LogP contribution in [0.2, 0.25) is 10.3 Å². The van der Waals surface area contributed by atoms with E-state index in [2.05, 4.69) is 41.1 Å². The average molecular weight is 515 g/mol. The summed E-state index contributed by atoms with van der Waals surface area (Å²) in [4.78, 5) is 36.9. The van der Waals surface area contributed by atoms with Crippen molar-refractivity contribution >= 4 is 57.9 Å². The first-order chi connectivity index (χ1) is 16.8. The molecule has 0 fully saturated rings. The molecule has 4 rings (SSSR count). The van der Waals surface area contributed by atoms with Crippen molar-refractivity contribution in [2.45, 2.75) is 26.0 Å². The summed E-state index contributed by atoms with van der Waals surface area (Å²) in [5, 5.41) is 16.2. The molecular formula is C22H20Cl2N8O3. The first kappa shape index (κ1) is 24.2. The molecule has 4 N–H and O–H groups in total. The lowest BCUT2D eigenvalue weighted by atomic mass is 10.1. The first-order valence-electron chi connectivity index (χ1n) is 10.4. The smallest absolute Gasteiger partial charge is 0.413 e. The number of nitrogens with one attached hydrogen (secondary N) is 4. The Hall–Kier alpha value is -3.96. The summed E-state index contributed by atoms with van der Waals surface area (Å²) in [6.45, 7) is 3.53. The van der Waals surface area contributed by atoms with Gasteiger partial charge in [-0.15, -0.1) is 0 Å². The van der Waals surface area contributed by atoms with Gasteiger partial charge in [0.15, 0.2) is 5.82 Å². The predicted molar refractivity (Wildman–Crippen MR) is 131 cm³/mol. The number of hydrogen-bond acceptors (Lipinski definition) is 7. The minimum absolute atomic E-state index is 0.235. The summed E-state index contributed by atoms with van der Waals surface area (Å²) >= 11 is 11.6. The summed E-state index contributed by atoms with van der Waals surface area (Å²) < 4.78 is 5.37. The van der Waals surface area contributed by atoms with E-state index in [9.17, 15) is 9.59 Å². The topological polar surface area (TPSA) is 147 Å². The summed E-state index contributed by atoms with van der Waals surface area (Å²) in [6, 6.07) is 7.60. The van der Waals surface area contributed by atoms with Crippen molar-refractivity contribution in [2.24, 2.45) is 0 Å². The Kier molecular flexibility index (Phi) is 7.28. The number of fused-ring (bicyclic) bond motifs is 1. The number of carbonyl (C=O) groups excluding carboxylic acids is 2. The molecule has 0 aromatic carbocycles. The van der Waals surface area contributed by atoms with Crippen LogP contribution >= 0.6 is 23.2 Å². The van der Waals surface area contributed by atoms with E-state index in [1.54, 1.807) is 43.5 Å². The van der Waals surface area contributed by atoms with Gasteiger partial charge in [0.25, 0.3) is 0 Å². The molecule has 0 aliphatic rings. The van der Waals surface area contributed by atoms with Crippen LogP contribution in [-0.2, 0) is 4.74 Å². The number of hydrogen-bond donors (Lipinski definition) is 4. The van der Waals surface area contributed by atoms with Crippen molar-refractivity contribution < 1.29 is 14.3 Å². The normalized spacial score (nSPS) is 12.6. The van der Waals surface area contributed by atoms with Gasteiger partial charge in [-0.2, -0.15) is 5.10 Å². The highest BCUT2D eigenvalue weighted by atomic mass is 35.5. The van der Waals surface area contributed by atoms with Crippen LogP contribution in [-0.4, -0.2) is 37.3 Å². The molecule has 11 nitrogen and oxygen atoms in total. The maximum atomic E-state index is 12.4. The van der Waals surface area contributed by atoms with Gasteiger partial charge in [0, 0.05) is 30.2 Å². The van der Waals surface area contributed by atoms with Gasteiger partial charge in [-0.05, 0) is 31.5 Å². The lowest BCUT2D eigenvalue weighted by Gasteiger charge is -2.14. The Bertz CT molecular complexity index is 1350. The first-order valence-corrected chi connectivity index (χ1v) is 11.2. The zero-order valence-corrected chi connectivity index (χ0v) is 20.1. The predicted octanol–water partition coefficient (Wildman–Crippen LogP) is 5.25. The van der Waals surface area contributed by atoms with Crippen LogP contribution < -0.4 is 16.0 Å². The van der Waals surface area contributed by atoms with Crippen LogP contribution in [0.5, 0.6) is 0 Å². The van der Waals surface area contributed by atoms with Crippen molar-refractivity contribution in [2.75, 3.05) is 10.6 Å². The van der Waals surface area contributed by atoms with Gasteiger partial charge >= 0.3 is 12.1 Å². The third-order valence-electron chi connectivity index (χ3n) is 5.01. The average Bonchev–Trinajstić information content (AvgIpc) is 3.21. The molecule has 180 valence electrons. The summed E-state index contributed by atoms with van der Waals surface area (Å²) in [6.07, 6.45) is 3.35. The van der Waals surface area contributed by atoms with Gasteiger partial charge < -0.3 is 10.1 Å². The van der Waals surface area contributed by atoms with Gasteiger partial charge in [-0.3, -0.25) is 15.7 Å². The van der Waals surface area contributed by atoms with Crippen LogP contribution in [0.3, 0.4) is 0 Å². The molecule has 0 bridgehead atoms. The number of rotatable bonds is 6. The van der Waals surface area contributed by atoms with Gasteiger partial charge in [0.2, 0.25) is 0 Å².